The summed E-state index contributed by atoms with van der Waals surface area (Å²) in [5, 5.41) is 0. The van der Waals surface area contributed by atoms with Gasteiger partial charge in [0.2, 0.25) is 0 Å². The van der Waals surface area contributed by atoms with Crippen molar-refractivity contribution in [2.45, 2.75) is 52.9 Å². The molecular weight excluding hydrogens is 346 g/mol. The van der Waals surface area contributed by atoms with E-state index in [1.165, 1.54) is 23.8 Å². The molecule has 1 aromatic rings. The van der Waals surface area contributed by atoms with Crippen LogP contribution in [0.3, 0.4) is 0 Å². The van der Waals surface area contributed by atoms with Crippen molar-refractivity contribution in [3.05, 3.63) is 51.7 Å². The fraction of sp³-hybridized carbons (Fsp3) is 0.455. The number of aliphatic imine (C=N–C) groups is 1. The summed E-state index contributed by atoms with van der Waals surface area (Å²) in [5.41, 5.74) is 8.22. The van der Waals surface area contributed by atoms with Gasteiger partial charge in [0.05, 0.1) is 18.7 Å². The molecule has 1 fully saturated rings. The third kappa shape index (κ3) is 4.64. The van der Waals surface area contributed by atoms with Crippen molar-refractivity contribution < 1.29 is 9.53 Å². The lowest BCUT2D eigenvalue weighted by Gasteiger charge is -2.26. The Kier molecular flexibility index (Phi) is 7.65. The minimum atomic E-state index is -0.129. The van der Waals surface area contributed by atoms with Gasteiger partial charge in [0, 0.05) is 17.3 Å². The van der Waals surface area contributed by atoms with Crippen molar-refractivity contribution in [2.24, 2.45) is 10.9 Å². The number of carbonyl (C=O) groups excluding carboxylic acids is 1. The van der Waals surface area contributed by atoms with Crippen LogP contribution in [-0.2, 0) is 9.53 Å². The Morgan fingerprint density at radius 2 is 2.15 bits per heavy atom. The van der Waals surface area contributed by atoms with Crippen LogP contribution < -0.4 is 0 Å². The monoisotopic (exact) mass is 373 g/mol. The molecule has 0 bridgehead atoms. The van der Waals surface area contributed by atoms with E-state index in [1.807, 2.05) is 13.1 Å². The van der Waals surface area contributed by atoms with Gasteiger partial charge in [-0.05, 0) is 62.6 Å². The number of nitrogens with zero attached hydrogens (tertiary/aromatic N) is 1. The number of aryl methyl sites for hydroxylation is 1. The Morgan fingerprint density at radius 1 is 1.38 bits per heavy atom. The molecule has 0 N–H and O–H groups in total. The highest BCUT2D eigenvalue weighted by Gasteiger charge is 2.27. The second-order valence-corrected chi connectivity index (χ2v) is 6.97. The largest absolute Gasteiger partial charge is 0.469 e. The van der Waals surface area contributed by atoms with Gasteiger partial charge < -0.3 is 4.74 Å². The Labute approximate surface area is 161 Å². The van der Waals surface area contributed by atoms with Gasteiger partial charge in [0.25, 0.3) is 0 Å². The molecule has 0 radical (unpaired) electrons. The first-order valence-corrected chi connectivity index (χ1v) is 9.66. The third-order valence-electron chi connectivity index (χ3n) is 5.06. The van der Waals surface area contributed by atoms with Crippen molar-refractivity contribution in [1.82, 2.24) is 0 Å². The Balaban J connectivity index is 2.61. The molecule has 1 aliphatic rings. The molecule has 3 nitrogen and oxygen atoms in total. The standard InChI is InChI=1S/C22H28ClNO2/c1-5-12-24-20(14-23)21(19-11-6-8-15(2)16(19)3)17-9-7-10-18(13-17)22(25)26-4/h6,8,11-12,14,18H,5,7,9-10,13H2,1-4H3/b20-14-,21-17-,24-12?. The summed E-state index contributed by atoms with van der Waals surface area (Å²) >= 11 is 6.18. The first-order valence-electron chi connectivity index (χ1n) is 9.23. The number of rotatable bonds is 5. The van der Waals surface area contributed by atoms with Crippen LogP contribution in [0.15, 0.2) is 40.0 Å². The number of hydrogen-bond donors (Lipinski definition) is 0. The molecule has 26 heavy (non-hydrogen) atoms. The van der Waals surface area contributed by atoms with Crippen molar-refractivity contribution >= 4 is 29.4 Å². The number of methoxy groups -OCH3 is 1. The normalized spacial score (nSPS) is 20.3. The number of halogens is 1. The van der Waals surface area contributed by atoms with Gasteiger partial charge in [0.15, 0.2) is 0 Å². The van der Waals surface area contributed by atoms with Crippen LogP contribution in [0.4, 0.5) is 0 Å². The van der Waals surface area contributed by atoms with Gasteiger partial charge in [-0.1, -0.05) is 42.3 Å². The molecule has 0 spiro atoms. The van der Waals surface area contributed by atoms with Gasteiger partial charge in [-0.15, -0.1) is 0 Å². The van der Waals surface area contributed by atoms with E-state index in [2.05, 4.69) is 37.0 Å². The molecular formula is C22H28ClNO2. The Morgan fingerprint density at radius 3 is 2.81 bits per heavy atom. The van der Waals surface area contributed by atoms with E-state index >= 15 is 0 Å². The quantitative estimate of drug-likeness (QED) is 0.470. The van der Waals surface area contributed by atoms with Crippen LogP contribution in [0.1, 0.15) is 55.7 Å². The predicted octanol–water partition coefficient (Wildman–Crippen LogP) is 5.98. The summed E-state index contributed by atoms with van der Waals surface area (Å²) in [6.45, 7) is 6.29. The van der Waals surface area contributed by atoms with Crippen LogP contribution in [-0.4, -0.2) is 19.3 Å². The van der Waals surface area contributed by atoms with Crippen LogP contribution in [0, 0.1) is 19.8 Å². The lowest BCUT2D eigenvalue weighted by atomic mass is 9.80. The number of carbonyl (C=O) groups is 1. The maximum absolute atomic E-state index is 12.1. The third-order valence-corrected chi connectivity index (χ3v) is 5.27. The van der Waals surface area contributed by atoms with Gasteiger partial charge in [-0.2, -0.15) is 0 Å². The number of allylic oxidation sites excluding steroid dienone is 2. The fourth-order valence-corrected chi connectivity index (χ4v) is 3.69. The number of esters is 1. The van der Waals surface area contributed by atoms with Gasteiger partial charge >= 0.3 is 5.97 Å². The van der Waals surface area contributed by atoms with Crippen molar-refractivity contribution in [3.63, 3.8) is 0 Å². The summed E-state index contributed by atoms with van der Waals surface area (Å²) < 4.78 is 4.99. The van der Waals surface area contributed by atoms with E-state index < -0.39 is 0 Å². The maximum Gasteiger partial charge on any atom is 0.308 e. The molecule has 1 atom stereocenters. The van der Waals surface area contributed by atoms with Crippen LogP contribution >= 0.6 is 11.6 Å². The number of hydrogen-bond acceptors (Lipinski definition) is 3. The summed E-state index contributed by atoms with van der Waals surface area (Å²) in [6, 6.07) is 6.29. The Hall–Kier alpha value is -1.87. The molecule has 1 aliphatic carbocycles. The predicted molar refractivity (Wildman–Crippen MR) is 110 cm³/mol. The molecule has 4 heteroatoms. The molecule has 1 saturated carbocycles. The highest BCUT2D eigenvalue weighted by Crippen LogP contribution is 2.39. The molecule has 1 unspecified atom stereocenters. The van der Waals surface area contributed by atoms with Crippen molar-refractivity contribution in [3.8, 4) is 0 Å². The smallest absolute Gasteiger partial charge is 0.308 e. The zero-order valence-electron chi connectivity index (χ0n) is 16.1. The lowest BCUT2D eigenvalue weighted by Crippen LogP contribution is -2.21. The number of ether oxygens (including phenoxy) is 1. The van der Waals surface area contributed by atoms with Crippen molar-refractivity contribution in [1.29, 1.82) is 0 Å². The maximum atomic E-state index is 12.1. The van der Waals surface area contributed by atoms with Gasteiger partial charge in [-0.25, -0.2) is 0 Å². The first kappa shape index (κ1) is 20.4. The summed E-state index contributed by atoms with van der Waals surface area (Å²) in [4.78, 5) is 16.7. The second-order valence-electron chi connectivity index (χ2n) is 6.76. The van der Waals surface area contributed by atoms with E-state index in [4.69, 9.17) is 16.3 Å². The minimum absolute atomic E-state index is 0.0874. The minimum Gasteiger partial charge on any atom is -0.469 e. The van der Waals surface area contributed by atoms with Crippen LogP contribution in [0.25, 0.3) is 5.57 Å². The topological polar surface area (TPSA) is 38.7 Å². The van der Waals surface area contributed by atoms with E-state index in [0.717, 1.165) is 42.5 Å². The first-order chi connectivity index (χ1) is 12.5. The highest BCUT2D eigenvalue weighted by atomic mass is 35.5. The van der Waals surface area contributed by atoms with Gasteiger partial charge in [-0.3, -0.25) is 9.79 Å². The summed E-state index contributed by atoms with van der Waals surface area (Å²) in [6.07, 6.45) is 6.21. The molecule has 0 aromatic heterocycles. The molecule has 140 valence electrons. The van der Waals surface area contributed by atoms with Crippen LogP contribution in [0.5, 0.6) is 0 Å². The van der Waals surface area contributed by atoms with Crippen LogP contribution in [0.2, 0.25) is 0 Å². The van der Waals surface area contributed by atoms with E-state index in [0.29, 0.717) is 6.42 Å². The molecule has 0 heterocycles. The molecule has 0 amide bonds. The molecule has 1 aromatic carbocycles. The highest BCUT2D eigenvalue weighted by molar-refractivity contribution is 6.26. The van der Waals surface area contributed by atoms with E-state index in [1.54, 1.807) is 5.54 Å². The van der Waals surface area contributed by atoms with E-state index in [9.17, 15) is 4.79 Å². The zero-order valence-corrected chi connectivity index (χ0v) is 16.9. The summed E-state index contributed by atoms with van der Waals surface area (Å²) in [7, 11) is 1.46. The lowest BCUT2D eigenvalue weighted by molar-refractivity contribution is -0.146. The molecule has 2 rings (SSSR count). The average Bonchev–Trinajstić information content (AvgIpc) is 2.67. The van der Waals surface area contributed by atoms with E-state index in [-0.39, 0.29) is 11.9 Å². The average molecular weight is 374 g/mol. The SMILES string of the molecule is CCC=NC(=C\Cl)/C(=C1/CCCC(C(=O)OC)C1)c1cccc(C)c1C. The second kappa shape index (κ2) is 9.72. The molecule has 0 saturated heterocycles. The molecule has 0 aliphatic heterocycles. The van der Waals surface area contributed by atoms with Gasteiger partial charge in [0.1, 0.15) is 0 Å². The van der Waals surface area contributed by atoms with Crippen molar-refractivity contribution in [2.75, 3.05) is 7.11 Å². The fourth-order valence-electron chi connectivity index (χ4n) is 3.53. The number of benzene rings is 1. The summed E-state index contributed by atoms with van der Waals surface area (Å²) in [5.74, 6) is -0.216. The Bertz CT molecular complexity index is 747. The zero-order chi connectivity index (χ0) is 19.1.